The van der Waals surface area contributed by atoms with Crippen LogP contribution in [0.1, 0.15) is 46.1 Å². The molecule has 0 atom stereocenters. The van der Waals surface area contributed by atoms with Gasteiger partial charge in [-0.1, -0.05) is 18.6 Å². The number of aromatic nitrogens is 4. The van der Waals surface area contributed by atoms with Crippen LogP contribution < -0.4 is 5.32 Å². The van der Waals surface area contributed by atoms with E-state index in [2.05, 4.69) is 14.9 Å². The second kappa shape index (κ2) is 7.65. The number of nitrogens with one attached hydrogen (secondary N) is 1. The maximum absolute atomic E-state index is 13.1. The minimum absolute atomic E-state index is 0.156. The van der Waals surface area contributed by atoms with Gasteiger partial charge in [-0.05, 0) is 44.9 Å². The topological polar surface area (TPSA) is 72.7 Å². The molecule has 1 aromatic carbocycles. The van der Waals surface area contributed by atoms with Crippen molar-refractivity contribution in [1.29, 1.82) is 0 Å². The third kappa shape index (κ3) is 3.50. The Labute approximate surface area is 179 Å². The first kappa shape index (κ1) is 18.9. The lowest BCUT2D eigenvalue weighted by atomic mass is 10.1. The Bertz CT molecular complexity index is 1240. The summed E-state index contributed by atoms with van der Waals surface area (Å²) >= 11 is 1.63. The number of aryl methyl sites for hydroxylation is 4. The predicted molar refractivity (Wildman–Crippen MR) is 120 cm³/mol. The summed E-state index contributed by atoms with van der Waals surface area (Å²) in [5.41, 5.74) is 5.68. The molecule has 3 aromatic heterocycles. The molecule has 7 heteroatoms. The monoisotopic (exact) mass is 417 g/mol. The number of fused-ring (bicyclic) bond motifs is 3. The van der Waals surface area contributed by atoms with Crippen LogP contribution in [0.3, 0.4) is 0 Å². The number of hydrogen-bond donors (Lipinski definition) is 1. The van der Waals surface area contributed by atoms with Gasteiger partial charge in [0, 0.05) is 35.3 Å². The Morgan fingerprint density at radius 1 is 1.07 bits per heavy atom. The van der Waals surface area contributed by atoms with Gasteiger partial charge in [-0.2, -0.15) is 0 Å². The van der Waals surface area contributed by atoms with E-state index in [9.17, 15) is 4.79 Å². The van der Waals surface area contributed by atoms with Crippen molar-refractivity contribution in [3.8, 4) is 11.3 Å². The van der Waals surface area contributed by atoms with Gasteiger partial charge in [0.15, 0.2) is 5.65 Å². The first-order chi connectivity index (χ1) is 14.6. The van der Waals surface area contributed by atoms with Gasteiger partial charge in [-0.25, -0.2) is 15.0 Å². The highest BCUT2D eigenvalue weighted by Gasteiger charge is 2.21. The fraction of sp³-hybridized carbons (Fsp3) is 0.304. The molecule has 1 aliphatic heterocycles. The molecule has 1 aliphatic rings. The van der Waals surface area contributed by atoms with Crippen molar-refractivity contribution in [1.82, 2.24) is 19.5 Å². The molecule has 0 radical (unpaired) electrons. The smallest absolute Gasteiger partial charge is 0.258 e. The molecule has 0 unspecified atom stereocenters. The SMILES string of the molecule is Cc1cc(C(=O)Nc2ccc(-c3csc(C)n3)cc2)c2nc3n(c2n1)CCCCC3. The molecule has 0 aliphatic carbocycles. The van der Waals surface area contributed by atoms with Crippen molar-refractivity contribution < 1.29 is 4.79 Å². The van der Waals surface area contributed by atoms with Crippen LogP contribution in [0.4, 0.5) is 5.69 Å². The van der Waals surface area contributed by atoms with Gasteiger partial charge in [-0.3, -0.25) is 4.79 Å². The van der Waals surface area contributed by atoms with Crippen LogP contribution >= 0.6 is 11.3 Å². The van der Waals surface area contributed by atoms with Crippen LogP contribution in [0.5, 0.6) is 0 Å². The Morgan fingerprint density at radius 3 is 2.67 bits per heavy atom. The molecule has 0 saturated heterocycles. The van der Waals surface area contributed by atoms with E-state index in [4.69, 9.17) is 9.97 Å². The molecule has 4 aromatic rings. The van der Waals surface area contributed by atoms with Crippen LogP contribution in [0.2, 0.25) is 0 Å². The average Bonchev–Trinajstić information content (AvgIpc) is 3.23. The Kier molecular flexibility index (Phi) is 4.83. The van der Waals surface area contributed by atoms with Crippen molar-refractivity contribution in [2.75, 3.05) is 5.32 Å². The minimum Gasteiger partial charge on any atom is -0.322 e. The van der Waals surface area contributed by atoms with Crippen LogP contribution in [-0.2, 0) is 13.0 Å². The highest BCUT2D eigenvalue weighted by Crippen LogP contribution is 2.26. The van der Waals surface area contributed by atoms with Crippen LogP contribution in [0.25, 0.3) is 22.4 Å². The molecule has 152 valence electrons. The van der Waals surface area contributed by atoms with E-state index in [0.717, 1.165) is 64.9 Å². The molecule has 6 nitrogen and oxygen atoms in total. The van der Waals surface area contributed by atoms with Gasteiger partial charge in [-0.15, -0.1) is 11.3 Å². The number of rotatable bonds is 3. The summed E-state index contributed by atoms with van der Waals surface area (Å²) in [6, 6.07) is 9.62. The van der Waals surface area contributed by atoms with E-state index < -0.39 is 0 Å². The lowest BCUT2D eigenvalue weighted by molar-refractivity contribution is 0.102. The van der Waals surface area contributed by atoms with E-state index in [0.29, 0.717) is 11.1 Å². The highest BCUT2D eigenvalue weighted by atomic mass is 32.1. The molecule has 4 heterocycles. The summed E-state index contributed by atoms with van der Waals surface area (Å²) < 4.78 is 2.19. The molecule has 1 amide bonds. The third-order valence-corrected chi connectivity index (χ3v) is 6.27. The number of pyridine rings is 1. The maximum atomic E-state index is 13.1. The molecule has 1 N–H and O–H groups in total. The van der Waals surface area contributed by atoms with E-state index in [1.165, 1.54) is 6.42 Å². The fourth-order valence-electron chi connectivity index (χ4n) is 4.01. The molecular weight excluding hydrogens is 394 g/mol. The summed E-state index contributed by atoms with van der Waals surface area (Å²) in [5.74, 6) is 0.883. The van der Waals surface area contributed by atoms with E-state index in [1.807, 2.05) is 49.6 Å². The molecule has 0 spiro atoms. The van der Waals surface area contributed by atoms with Crippen molar-refractivity contribution in [3.63, 3.8) is 0 Å². The molecule has 30 heavy (non-hydrogen) atoms. The zero-order chi connectivity index (χ0) is 20.7. The number of anilines is 1. The normalized spacial score (nSPS) is 13.8. The third-order valence-electron chi connectivity index (χ3n) is 5.49. The number of carbonyl (C=O) groups excluding carboxylic acids is 1. The van der Waals surface area contributed by atoms with Gasteiger partial charge in [0.1, 0.15) is 11.3 Å². The summed E-state index contributed by atoms with van der Waals surface area (Å²) in [5, 5.41) is 6.10. The predicted octanol–water partition coefficient (Wildman–Crippen LogP) is 5.15. The van der Waals surface area contributed by atoms with Crippen LogP contribution in [-0.4, -0.2) is 25.4 Å². The zero-order valence-electron chi connectivity index (χ0n) is 17.1. The van der Waals surface area contributed by atoms with Crippen LogP contribution in [0.15, 0.2) is 35.7 Å². The summed E-state index contributed by atoms with van der Waals surface area (Å²) in [7, 11) is 0. The zero-order valence-corrected chi connectivity index (χ0v) is 17.9. The maximum Gasteiger partial charge on any atom is 0.258 e. The first-order valence-electron chi connectivity index (χ1n) is 10.3. The Hall–Kier alpha value is -3.06. The van der Waals surface area contributed by atoms with Gasteiger partial charge < -0.3 is 9.88 Å². The first-order valence-corrected chi connectivity index (χ1v) is 11.2. The number of hydrogen-bond acceptors (Lipinski definition) is 5. The largest absolute Gasteiger partial charge is 0.322 e. The lowest BCUT2D eigenvalue weighted by Gasteiger charge is -2.08. The fourth-order valence-corrected chi connectivity index (χ4v) is 4.63. The number of amides is 1. The molecule has 0 saturated carbocycles. The second-order valence-corrected chi connectivity index (χ2v) is 8.82. The number of nitrogens with zero attached hydrogens (tertiary/aromatic N) is 4. The Morgan fingerprint density at radius 2 is 1.90 bits per heavy atom. The number of carbonyl (C=O) groups is 1. The number of benzene rings is 1. The molecule has 0 bridgehead atoms. The van der Waals surface area contributed by atoms with Gasteiger partial charge in [0.05, 0.1) is 16.3 Å². The van der Waals surface area contributed by atoms with Crippen molar-refractivity contribution in [3.05, 3.63) is 57.8 Å². The summed E-state index contributed by atoms with van der Waals surface area (Å²) in [4.78, 5) is 27.1. The lowest BCUT2D eigenvalue weighted by Crippen LogP contribution is -2.13. The summed E-state index contributed by atoms with van der Waals surface area (Å²) in [6.07, 6.45) is 4.41. The van der Waals surface area contributed by atoms with E-state index in [1.54, 1.807) is 11.3 Å². The van der Waals surface area contributed by atoms with Crippen molar-refractivity contribution in [2.24, 2.45) is 0 Å². The Balaban J connectivity index is 1.45. The van der Waals surface area contributed by atoms with Gasteiger partial charge in [0.25, 0.3) is 5.91 Å². The van der Waals surface area contributed by atoms with Crippen molar-refractivity contribution in [2.45, 2.75) is 46.1 Å². The number of imidazole rings is 1. The van der Waals surface area contributed by atoms with E-state index >= 15 is 0 Å². The second-order valence-electron chi connectivity index (χ2n) is 7.76. The van der Waals surface area contributed by atoms with E-state index in [-0.39, 0.29) is 5.91 Å². The summed E-state index contributed by atoms with van der Waals surface area (Å²) in [6.45, 7) is 4.84. The number of thiazole rings is 1. The highest BCUT2D eigenvalue weighted by molar-refractivity contribution is 7.09. The van der Waals surface area contributed by atoms with Crippen molar-refractivity contribution >= 4 is 34.1 Å². The van der Waals surface area contributed by atoms with Gasteiger partial charge >= 0.3 is 0 Å². The molecule has 5 rings (SSSR count). The van der Waals surface area contributed by atoms with Gasteiger partial charge in [0.2, 0.25) is 0 Å². The quantitative estimate of drug-likeness (QED) is 0.500. The average molecular weight is 418 g/mol. The standard InChI is InChI=1S/C23H23N5OS/c1-14-12-18(21-22(24-14)28-11-5-3-4-6-20(28)27-21)23(29)26-17-9-7-16(8-10-17)19-13-30-15(2)25-19/h7-10,12-13H,3-6,11H2,1-2H3,(H,26,29). The van der Waals surface area contributed by atoms with Crippen LogP contribution in [0, 0.1) is 13.8 Å². The molecular formula is C23H23N5OS. The minimum atomic E-state index is -0.156. The molecule has 0 fully saturated rings.